The zero-order valence-corrected chi connectivity index (χ0v) is 11.5. The van der Waals surface area contributed by atoms with E-state index in [1.54, 1.807) is 0 Å². The second-order valence-corrected chi connectivity index (χ2v) is 5.20. The maximum Gasteiger partial charge on any atom is 0.227 e. The Balaban J connectivity index is 2.00. The topological polar surface area (TPSA) is 25.2 Å². The van der Waals surface area contributed by atoms with Gasteiger partial charge < -0.3 is 9.47 Å². The average Bonchev–Trinajstić information content (AvgIpc) is 3.08. The fraction of sp³-hybridized carbons (Fsp3) is 0.267. The molecule has 3 rings (SSSR count). The monoisotopic (exact) mass is 272 g/mol. The highest BCUT2D eigenvalue weighted by atomic mass is 32.1. The van der Waals surface area contributed by atoms with E-state index in [-0.39, 0.29) is 5.91 Å². The summed E-state index contributed by atoms with van der Waals surface area (Å²) in [6, 6.07) is 12.0. The van der Waals surface area contributed by atoms with Crippen molar-refractivity contribution in [1.29, 1.82) is 0 Å². The van der Waals surface area contributed by atoms with Crippen LogP contribution in [0, 0.1) is 5.92 Å². The number of anilines is 1. The Labute approximate surface area is 118 Å². The van der Waals surface area contributed by atoms with Gasteiger partial charge in [-0.3, -0.25) is 4.79 Å². The Morgan fingerprint density at radius 1 is 1.11 bits per heavy atom. The lowest BCUT2D eigenvalue weighted by Crippen LogP contribution is -2.25. The summed E-state index contributed by atoms with van der Waals surface area (Å²) < 4.78 is 2.04. The molecule has 0 spiro atoms. The van der Waals surface area contributed by atoms with Gasteiger partial charge in [0.1, 0.15) is 0 Å². The zero-order chi connectivity index (χ0) is 13.2. The SMILES string of the molecule is O=C1CC(CS)CN1c1ccccc1-n1cccc1. The van der Waals surface area contributed by atoms with Gasteiger partial charge >= 0.3 is 0 Å². The number of hydrogen-bond acceptors (Lipinski definition) is 2. The number of aromatic nitrogens is 1. The number of amides is 1. The summed E-state index contributed by atoms with van der Waals surface area (Å²) in [5.41, 5.74) is 2.02. The average molecular weight is 272 g/mol. The molecular formula is C15H16N2OS. The lowest BCUT2D eigenvalue weighted by Gasteiger charge is -2.20. The summed E-state index contributed by atoms with van der Waals surface area (Å²) >= 11 is 4.31. The molecule has 98 valence electrons. The molecule has 2 heterocycles. The Morgan fingerprint density at radius 2 is 1.79 bits per heavy atom. The van der Waals surface area contributed by atoms with Crippen molar-refractivity contribution < 1.29 is 4.79 Å². The van der Waals surface area contributed by atoms with E-state index >= 15 is 0 Å². The number of thiol groups is 1. The van der Waals surface area contributed by atoms with Crippen LogP contribution in [0.2, 0.25) is 0 Å². The summed E-state index contributed by atoms with van der Waals surface area (Å²) in [4.78, 5) is 14.0. The van der Waals surface area contributed by atoms with E-state index in [4.69, 9.17) is 0 Å². The predicted molar refractivity (Wildman–Crippen MR) is 80.1 cm³/mol. The van der Waals surface area contributed by atoms with Crippen LogP contribution < -0.4 is 4.90 Å². The first-order chi connectivity index (χ1) is 9.29. The Hall–Kier alpha value is -1.68. The smallest absolute Gasteiger partial charge is 0.227 e. The highest BCUT2D eigenvalue weighted by Gasteiger charge is 2.30. The van der Waals surface area contributed by atoms with Crippen LogP contribution in [0.3, 0.4) is 0 Å². The minimum atomic E-state index is 0.193. The first-order valence-electron chi connectivity index (χ1n) is 6.43. The molecule has 1 amide bonds. The second kappa shape index (κ2) is 5.13. The Kier molecular flexibility index (Phi) is 3.34. The fourth-order valence-corrected chi connectivity index (χ4v) is 2.79. The van der Waals surface area contributed by atoms with Gasteiger partial charge in [-0.15, -0.1) is 0 Å². The lowest BCUT2D eigenvalue weighted by molar-refractivity contribution is -0.117. The summed E-state index contributed by atoms with van der Waals surface area (Å²) in [7, 11) is 0. The first kappa shape index (κ1) is 12.4. The van der Waals surface area contributed by atoms with Crippen molar-refractivity contribution in [2.45, 2.75) is 6.42 Å². The fourth-order valence-electron chi connectivity index (χ4n) is 2.54. The molecule has 1 aliphatic heterocycles. The third kappa shape index (κ3) is 2.28. The standard InChI is InChI=1S/C15H16N2OS/c18-15-9-12(11-19)10-17(15)14-6-2-1-5-13(14)16-7-3-4-8-16/h1-8,12,19H,9-11H2. The molecule has 1 aliphatic rings. The van der Waals surface area contributed by atoms with Crippen molar-refractivity contribution in [3.63, 3.8) is 0 Å². The van der Waals surface area contributed by atoms with Gasteiger partial charge in [-0.2, -0.15) is 12.6 Å². The van der Waals surface area contributed by atoms with Crippen molar-refractivity contribution in [3.05, 3.63) is 48.8 Å². The van der Waals surface area contributed by atoms with E-state index in [2.05, 4.69) is 12.6 Å². The largest absolute Gasteiger partial charge is 0.322 e. The summed E-state index contributed by atoms with van der Waals surface area (Å²) in [6.07, 6.45) is 4.59. The number of carbonyl (C=O) groups is 1. The quantitative estimate of drug-likeness (QED) is 0.854. The van der Waals surface area contributed by atoms with Crippen molar-refractivity contribution in [2.75, 3.05) is 17.2 Å². The first-order valence-corrected chi connectivity index (χ1v) is 7.06. The molecule has 4 heteroatoms. The minimum Gasteiger partial charge on any atom is -0.322 e. The molecule has 1 atom stereocenters. The highest BCUT2D eigenvalue weighted by Crippen LogP contribution is 2.30. The molecule has 19 heavy (non-hydrogen) atoms. The zero-order valence-electron chi connectivity index (χ0n) is 10.6. The molecule has 2 aromatic rings. The molecule has 0 bridgehead atoms. The number of para-hydroxylation sites is 2. The van der Waals surface area contributed by atoms with E-state index in [0.717, 1.165) is 23.7 Å². The second-order valence-electron chi connectivity index (χ2n) is 4.84. The summed E-state index contributed by atoms with van der Waals surface area (Å²) in [5, 5.41) is 0. The van der Waals surface area contributed by atoms with E-state index in [1.165, 1.54) is 0 Å². The molecule has 1 unspecified atom stereocenters. The van der Waals surface area contributed by atoms with Gasteiger partial charge in [-0.05, 0) is 35.9 Å². The number of rotatable bonds is 3. The molecule has 1 aromatic heterocycles. The van der Waals surface area contributed by atoms with Crippen LogP contribution in [0.25, 0.3) is 5.69 Å². The predicted octanol–water partition coefficient (Wildman–Crippen LogP) is 2.76. The van der Waals surface area contributed by atoms with E-state index in [9.17, 15) is 4.79 Å². The van der Waals surface area contributed by atoms with Crippen LogP contribution in [0.5, 0.6) is 0 Å². The van der Waals surface area contributed by atoms with Crippen LogP contribution in [-0.2, 0) is 4.79 Å². The van der Waals surface area contributed by atoms with E-state index in [1.807, 2.05) is 58.3 Å². The van der Waals surface area contributed by atoms with Crippen molar-refractivity contribution in [1.82, 2.24) is 4.57 Å². The van der Waals surface area contributed by atoms with Crippen LogP contribution in [-0.4, -0.2) is 22.8 Å². The van der Waals surface area contributed by atoms with Crippen LogP contribution >= 0.6 is 12.6 Å². The van der Waals surface area contributed by atoms with Crippen molar-refractivity contribution in [2.24, 2.45) is 5.92 Å². The highest BCUT2D eigenvalue weighted by molar-refractivity contribution is 7.80. The molecule has 1 fully saturated rings. The van der Waals surface area contributed by atoms with Gasteiger partial charge in [-0.25, -0.2) is 0 Å². The minimum absolute atomic E-state index is 0.193. The number of hydrogen-bond donors (Lipinski definition) is 1. The van der Waals surface area contributed by atoms with Crippen LogP contribution in [0.15, 0.2) is 48.8 Å². The molecule has 0 aliphatic carbocycles. The normalized spacial score (nSPS) is 19.1. The van der Waals surface area contributed by atoms with Gasteiger partial charge in [0.15, 0.2) is 0 Å². The van der Waals surface area contributed by atoms with Crippen LogP contribution in [0.1, 0.15) is 6.42 Å². The van der Waals surface area contributed by atoms with Crippen LogP contribution in [0.4, 0.5) is 5.69 Å². The summed E-state index contributed by atoms with van der Waals surface area (Å²) in [5.74, 6) is 1.31. The molecule has 1 aromatic carbocycles. The van der Waals surface area contributed by atoms with Gasteiger partial charge in [-0.1, -0.05) is 12.1 Å². The van der Waals surface area contributed by atoms with Gasteiger partial charge in [0, 0.05) is 25.4 Å². The molecule has 0 saturated carbocycles. The van der Waals surface area contributed by atoms with Crippen molar-refractivity contribution >= 4 is 24.2 Å². The maximum absolute atomic E-state index is 12.1. The molecule has 0 radical (unpaired) electrons. The van der Waals surface area contributed by atoms with Gasteiger partial charge in [0.25, 0.3) is 0 Å². The third-order valence-electron chi connectivity index (χ3n) is 3.52. The Bertz CT molecular complexity index is 580. The Morgan fingerprint density at radius 3 is 2.42 bits per heavy atom. The van der Waals surface area contributed by atoms with Gasteiger partial charge in [0.2, 0.25) is 5.91 Å². The molecule has 3 nitrogen and oxygen atoms in total. The lowest BCUT2D eigenvalue weighted by atomic mass is 10.1. The van der Waals surface area contributed by atoms with E-state index < -0.39 is 0 Å². The van der Waals surface area contributed by atoms with Crippen molar-refractivity contribution in [3.8, 4) is 5.69 Å². The number of benzene rings is 1. The number of nitrogens with zero attached hydrogens (tertiary/aromatic N) is 2. The number of carbonyl (C=O) groups excluding carboxylic acids is 1. The molecular weight excluding hydrogens is 256 g/mol. The third-order valence-corrected chi connectivity index (χ3v) is 4.03. The molecule has 0 N–H and O–H groups in total. The molecule has 1 saturated heterocycles. The van der Waals surface area contributed by atoms with E-state index in [0.29, 0.717) is 12.3 Å². The summed E-state index contributed by atoms with van der Waals surface area (Å²) in [6.45, 7) is 0.764. The maximum atomic E-state index is 12.1. The van der Waals surface area contributed by atoms with Gasteiger partial charge in [0.05, 0.1) is 11.4 Å².